The van der Waals surface area contributed by atoms with Gasteiger partial charge in [-0.15, -0.1) is 0 Å². The van der Waals surface area contributed by atoms with E-state index in [1.54, 1.807) is 4.90 Å². The Morgan fingerprint density at radius 3 is 2.88 bits per heavy atom. The van der Waals surface area contributed by atoms with E-state index in [4.69, 9.17) is 4.74 Å². The molecule has 136 valence electrons. The summed E-state index contributed by atoms with van der Waals surface area (Å²) in [6.45, 7) is 3.27. The molecule has 0 aliphatic carbocycles. The predicted octanol–water partition coefficient (Wildman–Crippen LogP) is 1.84. The second-order valence-electron chi connectivity index (χ2n) is 6.91. The Labute approximate surface area is 151 Å². The van der Waals surface area contributed by atoms with Gasteiger partial charge in [0.2, 0.25) is 5.91 Å². The van der Waals surface area contributed by atoms with Crippen LogP contribution in [-0.2, 0) is 9.53 Å². The Morgan fingerprint density at radius 2 is 2.15 bits per heavy atom. The van der Waals surface area contributed by atoms with E-state index in [0.29, 0.717) is 25.2 Å². The second-order valence-corrected chi connectivity index (χ2v) is 6.91. The number of amides is 2. The number of ether oxygens (including phenoxy) is 1. The summed E-state index contributed by atoms with van der Waals surface area (Å²) in [6, 6.07) is 9.05. The van der Waals surface area contributed by atoms with Crippen molar-refractivity contribution in [3.8, 4) is 0 Å². The largest absolute Gasteiger partial charge is 0.381 e. The molecular formula is C19H22N4O3. The molecule has 2 N–H and O–H groups in total. The van der Waals surface area contributed by atoms with Crippen LogP contribution in [0.2, 0.25) is 0 Å². The average molecular weight is 354 g/mol. The van der Waals surface area contributed by atoms with Crippen molar-refractivity contribution >= 4 is 17.5 Å². The fraction of sp³-hybridized carbons (Fsp3) is 0.421. The van der Waals surface area contributed by atoms with Crippen molar-refractivity contribution in [3.05, 3.63) is 47.8 Å². The summed E-state index contributed by atoms with van der Waals surface area (Å²) in [4.78, 5) is 27.3. The van der Waals surface area contributed by atoms with Crippen molar-refractivity contribution in [1.29, 1.82) is 0 Å². The van der Waals surface area contributed by atoms with Crippen LogP contribution in [0.25, 0.3) is 0 Å². The molecule has 2 saturated heterocycles. The van der Waals surface area contributed by atoms with Gasteiger partial charge in [-0.05, 0) is 31.9 Å². The summed E-state index contributed by atoms with van der Waals surface area (Å²) < 4.78 is 5.40. The number of carbonyl (C=O) groups excluding carboxylic acids is 2. The van der Waals surface area contributed by atoms with Crippen LogP contribution in [-0.4, -0.2) is 47.3 Å². The van der Waals surface area contributed by atoms with Crippen LogP contribution in [0, 0.1) is 0 Å². The Hall–Kier alpha value is -2.67. The van der Waals surface area contributed by atoms with E-state index in [0.717, 1.165) is 17.8 Å². The molecule has 3 unspecified atom stereocenters. The molecule has 2 aromatic rings. The molecule has 2 aliphatic heterocycles. The highest BCUT2D eigenvalue weighted by Crippen LogP contribution is 2.28. The fourth-order valence-corrected chi connectivity index (χ4v) is 3.81. The van der Waals surface area contributed by atoms with E-state index in [2.05, 4.69) is 15.5 Å². The zero-order valence-electron chi connectivity index (χ0n) is 14.6. The lowest BCUT2D eigenvalue weighted by Gasteiger charge is -2.21. The van der Waals surface area contributed by atoms with E-state index in [9.17, 15) is 9.59 Å². The van der Waals surface area contributed by atoms with Gasteiger partial charge in [0.1, 0.15) is 6.04 Å². The summed E-state index contributed by atoms with van der Waals surface area (Å²) in [6.07, 6.45) is 2.98. The van der Waals surface area contributed by atoms with Crippen molar-refractivity contribution in [2.75, 3.05) is 18.1 Å². The van der Waals surface area contributed by atoms with Crippen LogP contribution in [0.1, 0.15) is 41.7 Å². The number of aromatic nitrogens is 2. The average Bonchev–Trinajstić information content (AvgIpc) is 3.37. The van der Waals surface area contributed by atoms with Crippen molar-refractivity contribution in [2.45, 2.75) is 37.8 Å². The van der Waals surface area contributed by atoms with Gasteiger partial charge in [-0.1, -0.05) is 18.2 Å². The lowest BCUT2D eigenvalue weighted by atomic mass is 10.0. The molecule has 1 aromatic carbocycles. The van der Waals surface area contributed by atoms with Crippen molar-refractivity contribution in [1.82, 2.24) is 15.5 Å². The topological polar surface area (TPSA) is 87.3 Å². The molecule has 2 fully saturated rings. The smallest absolute Gasteiger partial charge is 0.255 e. The van der Waals surface area contributed by atoms with Crippen LogP contribution >= 0.6 is 0 Å². The number of para-hydroxylation sites is 1. The summed E-state index contributed by atoms with van der Waals surface area (Å²) in [5, 5.41) is 9.84. The molecule has 26 heavy (non-hydrogen) atoms. The van der Waals surface area contributed by atoms with Gasteiger partial charge in [0, 0.05) is 24.3 Å². The predicted molar refractivity (Wildman–Crippen MR) is 96.0 cm³/mol. The standard InChI is InChI=1S/C19H22N4O3/c1-12-9-16(19(25)23(12)14-5-3-2-4-6-14)21-18(24)15-10-20-22-17(15)13-7-8-26-11-13/h2-6,10,12-13,16H,7-9,11H2,1H3,(H,20,22)(H,21,24). The van der Waals surface area contributed by atoms with Gasteiger partial charge in [0.05, 0.1) is 24.1 Å². The number of aromatic amines is 1. The molecular weight excluding hydrogens is 332 g/mol. The minimum absolute atomic E-state index is 0.0299. The number of hydrogen-bond acceptors (Lipinski definition) is 4. The van der Waals surface area contributed by atoms with Gasteiger partial charge in [-0.25, -0.2) is 0 Å². The quantitative estimate of drug-likeness (QED) is 0.877. The molecule has 2 amide bonds. The molecule has 7 heteroatoms. The first-order chi connectivity index (χ1) is 12.6. The first-order valence-electron chi connectivity index (χ1n) is 8.95. The van der Waals surface area contributed by atoms with Gasteiger partial charge in [-0.3, -0.25) is 14.7 Å². The lowest BCUT2D eigenvalue weighted by molar-refractivity contribution is -0.118. The van der Waals surface area contributed by atoms with E-state index in [1.807, 2.05) is 37.3 Å². The number of benzene rings is 1. The second kappa shape index (κ2) is 6.92. The normalized spacial score (nSPS) is 25.7. The third-order valence-electron chi connectivity index (χ3n) is 5.14. The first-order valence-corrected chi connectivity index (χ1v) is 8.95. The van der Waals surface area contributed by atoms with E-state index < -0.39 is 6.04 Å². The van der Waals surface area contributed by atoms with Gasteiger partial charge < -0.3 is 15.0 Å². The zero-order valence-corrected chi connectivity index (χ0v) is 14.6. The molecule has 4 rings (SSSR count). The van der Waals surface area contributed by atoms with Crippen LogP contribution < -0.4 is 10.2 Å². The SMILES string of the molecule is CC1CC(NC(=O)c2cn[nH]c2C2CCOC2)C(=O)N1c1ccccc1. The maximum absolute atomic E-state index is 12.8. The highest BCUT2D eigenvalue weighted by atomic mass is 16.5. The number of hydrogen-bond donors (Lipinski definition) is 2. The number of anilines is 1. The highest BCUT2D eigenvalue weighted by molar-refractivity contribution is 6.04. The fourth-order valence-electron chi connectivity index (χ4n) is 3.81. The Bertz CT molecular complexity index is 798. The first kappa shape index (κ1) is 16.8. The van der Waals surface area contributed by atoms with Crippen molar-refractivity contribution < 1.29 is 14.3 Å². The van der Waals surface area contributed by atoms with E-state index in [1.165, 1.54) is 6.20 Å². The van der Waals surface area contributed by atoms with Gasteiger partial charge in [0.25, 0.3) is 5.91 Å². The Kier molecular flexibility index (Phi) is 4.46. The zero-order chi connectivity index (χ0) is 18.1. The Morgan fingerprint density at radius 1 is 1.35 bits per heavy atom. The van der Waals surface area contributed by atoms with Crippen LogP contribution in [0.4, 0.5) is 5.69 Å². The monoisotopic (exact) mass is 354 g/mol. The molecule has 7 nitrogen and oxygen atoms in total. The number of carbonyl (C=O) groups is 2. The highest BCUT2D eigenvalue weighted by Gasteiger charge is 2.39. The maximum atomic E-state index is 12.8. The molecule has 0 radical (unpaired) electrons. The maximum Gasteiger partial charge on any atom is 0.255 e. The summed E-state index contributed by atoms with van der Waals surface area (Å²) in [7, 11) is 0. The number of H-pyrrole nitrogens is 1. The minimum Gasteiger partial charge on any atom is -0.381 e. The van der Waals surface area contributed by atoms with Crippen LogP contribution in [0.3, 0.4) is 0 Å². The van der Waals surface area contributed by atoms with Gasteiger partial charge in [-0.2, -0.15) is 5.10 Å². The third-order valence-corrected chi connectivity index (χ3v) is 5.14. The molecule has 3 heterocycles. The van der Waals surface area contributed by atoms with Crippen molar-refractivity contribution in [3.63, 3.8) is 0 Å². The molecule has 0 saturated carbocycles. The van der Waals surface area contributed by atoms with Crippen LogP contribution in [0.15, 0.2) is 36.5 Å². The molecule has 0 spiro atoms. The number of rotatable bonds is 4. The minimum atomic E-state index is -0.528. The molecule has 3 atom stereocenters. The summed E-state index contributed by atoms with van der Waals surface area (Å²) in [5.74, 6) is -0.190. The van der Waals surface area contributed by atoms with Crippen LogP contribution in [0.5, 0.6) is 0 Å². The number of nitrogens with zero attached hydrogens (tertiary/aromatic N) is 2. The molecule has 0 bridgehead atoms. The molecule has 1 aromatic heterocycles. The third kappa shape index (κ3) is 2.99. The lowest BCUT2D eigenvalue weighted by Crippen LogP contribution is -2.42. The molecule has 2 aliphatic rings. The van der Waals surface area contributed by atoms with Gasteiger partial charge in [0.15, 0.2) is 0 Å². The Balaban J connectivity index is 1.49. The van der Waals surface area contributed by atoms with E-state index >= 15 is 0 Å². The van der Waals surface area contributed by atoms with Gasteiger partial charge >= 0.3 is 0 Å². The number of nitrogens with one attached hydrogen (secondary N) is 2. The summed E-state index contributed by atoms with van der Waals surface area (Å²) in [5.41, 5.74) is 2.14. The van der Waals surface area contributed by atoms with E-state index in [-0.39, 0.29) is 23.8 Å². The summed E-state index contributed by atoms with van der Waals surface area (Å²) >= 11 is 0. The van der Waals surface area contributed by atoms with Crippen molar-refractivity contribution in [2.24, 2.45) is 0 Å².